The van der Waals surface area contributed by atoms with Gasteiger partial charge in [0.15, 0.2) is 0 Å². The van der Waals surface area contributed by atoms with E-state index in [0.29, 0.717) is 36.0 Å². The van der Waals surface area contributed by atoms with Gasteiger partial charge in [-0.3, -0.25) is 4.79 Å². The largest absolute Gasteiger partial charge is 0.338 e. The maximum absolute atomic E-state index is 14.0. The van der Waals surface area contributed by atoms with Crippen molar-refractivity contribution in [1.29, 1.82) is 0 Å². The second kappa shape index (κ2) is 9.12. The summed E-state index contributed by atoms with van der Waals surface area (Å²) in [6.45, 7) is 7.40. The zero-order valence-corrected chi connectivity index (χ0v) is 19.8. The van der Waals surface area contributed by atoms with Crippen LogP contribution in [-0.4, -0.2) is 61.6 Å². The molecule has 2 aliphatic heterocycles. The monoisotopic (exact) mass is 454 g/mol. The second-order valence-electron chi connectivity index (χ2n) is 10.5. The Hall–Kier alpha value is -2.35. The molecule has 2 aromatic rings. The molecule has 3 heterocycles. The first-order valence-corrected chi connectivity index (χ1v) is 12.4. The summed E-state index contributed by atoms with van der Waals surface area (Å²) in [6.07, 6.45) is 7.63. The van der Waals surface area contributed by atoms with E-state index in [1.165, 1.54) is 5.56 Å². The number of tetrazole rings is 1. The molecule has 1 unspecified atom stereocenters. The number of halogens is 1. The molecule has 1 aromatic carbocycles. The Morgan fingerprint density at radius 1 is 1.15 bits per heavy atom. The minimum absolute atomic E-state index is 0.298. The Balaban J connectivity index is 1.26. The topological polar surface area (TPSA) is 67.2 Å². The minimum Gasteiger partial charge on any atom is -0.338 e. The number of carbonyl (C=O) groups is 1. The van der Waals surface area contributed by atoms with Crippen LogP contribution < -0.4 is 0 Å². The molecule has 0 N–H and O–H groups in total. The van der Waals surface area contributed by atoms with Gasteiger partial charge in [-0.1, -0.05) is 32.0 Å². The van der Waals surface area contributed by atoms with E-state index in [-0.39, 0.29) is 5.41 Å². The van der Waals surface area contributed by atoms with Gasteiger partial charge in [0.05, 0.1) is 11.5 Å². The van der Waals surface area contributed by atoms with Crippen LogP contribution in [0.2, 0.25) is 0 Å². The molecule has 7 nitrogen and oxygen atoms in total. The summed E-state index contributed by atoms with van der Waals surface area (Å²) in [7, 11) is 0. The minimum atomic E-state index is -0.455. The summed E-state index contributed by atoms with van der Waals surface area (Å²) in [4.78, 5) is 18.6. The van der Waals surface area contributed by atoms with Crippen LogP contribution in [0.3, 0.4) is 0 Å². The number of nitrogens with zero attached hydrogens (tertiary/aromatic N) is 6. The van der Waals surface area contributed by atoms with E-state index in [9.17, 15) is 9.18 Å². The quantitative estimate of drug-likeness (QED) is 0.691. The normalized spacial score (nSPS) is 26.7. The Kier molecular flexibility index (Phi) is 6.20. The lowest BCUT2D eigenvalue weighted by Gasteiger charge is -2.41. The number of benzene rings is 1. The summed E-state index contributed by atoms with van der Waals surface area (Å²) < 4.78 is 15.1. The van der Waals surface area contributed by atoms with E-state index in [2.05, 4.69) is 39.2 Å². The van der Waals surface area contributed by atoms with Crippen LogP contribution >= 0.6 is 0 Å². The summed E-state index contributed by atoms with van der Waals surface area (Å²) >= 11 is 0. The number of hydrogen-bond acceptors (Lipinski definition) is 5. The fourth-order valence-corrected chi connectivity index (χ4v) is 6.36. The molecule has 33 heavy (non-hydrogen) atoms. The summed E-state index contributed by atoms with van der Waals surface area (Å²) in [5.41, 5.74) is 2.77. The number of piperidine rings is 1. The Morgan fingerprint density at radius 3 is 2.67 bits per heavy atom. The van der Waals surface area contributed by atoms with Crippen molar-refractivity contribution < 1.29 is 9.18 Å². The van der Waals surface area contributed by atoms with Crippen molar-refractivity contribution in [3.63, 3.8) is 0 Å². The summed E-state index contributed by atoms with van der Waals surface area (Å²) in [5.74, 6) is 0.604. The molecular formula is C25H35FN6O. The molecule has 2 fully saturated rings. The number of aromatic nitrogens is 4. The molecule has 1 aliphatic carbocycles. The molecule has 0 spiro atoms. The van der Waals surface area contributed by atoms with E-state index in [4.69, 9.17) is 0 Å². The zero-order valence-electron chi connectivity index (χ0n) is 19.8. The Morgan fingerprint density at radius 2 is 1.97 bits per heavy atom. The standard InChI is InChI=1S/C25H35FN6O/c1-18(2)25(24(33)31-10-6-20-4-3-19(15-26)13-21(20)16-31)9-5-23(14-25)30-11-7-22(8-12-30)32-17-27-28-29-32/h3-4,13,17-18,22-23H,5-12,14-16H2,1-2H3/t23?,25-/m0/s1. The van der Waals surface area contributed by atoms with Crippen LogP contribution in [-0.2, 0) is 24.4 Å². The molecule has 5 rings (SSSR count). The second-order valence-corrected chi connectivity index (χ2v) is 10.5. The van der Waals surface area contributed by atoms with Gasteiger partial charge in [0.25, 0.3) is 0 Å². The van der Waals surface area contributed by atoms with Gasteiger partial charge in [0, 0.05) is 32.2 Å². The number of alkyl halides is 1. The third kappa shape index (κ3) is 4.18. The molecule has 0 bridgehead atoms. The summed E-state index contributed by atoms with van der Waals surface area (Å²) in [6, 6.07) is 6.69. The van der Waals surface area contributed by atoms with Crippen LogP contribution in [0.4, 0.5) is 4.39 Å². The van der Waals surface area contributed by atoms with E-state index < -0.39 is 6.67 Å². The van der Waals surface area contributed by atoms with Gasteiger partial charge in [0.1, 0.15) is 13.0 Å². The zero-order chi connectivity index (χ0) is 23.0. The van der Waals surface area contributed by atoms with Crippen molar-refractivity contribution in [1.82, 2.24) is 30.0 Å². The van der Waals surface area contributed by atoms with Gasteiger partial charge in [-0.25, -0.2) is 9.07 Å². The lowest BCUT2D eigenvalue weighted by atomic mass is 9.73. The maximum atomic E-state index is 14.0. The van der Waals surface area contributed by atoms with Crippen LogP contribution in [0.5, 0.6) is 0 Å². The maximum Gasteiger partial charge on any atom is 0.229 e. The predicted octanol–water partition coefficient (Wildman–Crippen LogP) is 3.56. The molecule has 2 atom stereocenters. The lowest BCUT2D eigenvalue weighted by molar-refractivity contribution is -0.146. The van der Waals surface area contributed by atoms with E-state index in [0.717, 1.165) is 63.7 Å². The highest BCUT2D eigenvalue weighted by Gasteiger charge is 2.50. The highest BCUT2D eigenvalue weighted by atomic mass is 19.1. The fourth-order valence-electron chi connectivity index (χ4n) is 6.36. The molecule has 3 aliphatic rings. The average molecular weight is 455 g/mol. The number of amides is 1. The highest BCUT2D eigenvalue weighted by Crippen LogP contribution is 2.48. The van der Waals surface area contributed by atoms with Gasteiger partial charge in [-0.15, -0.1) is 5.10 Å². The number of hydrogen-bond donors (Lipinski definition) is 0. The Labute approximate surface area is 195 Å². The third-order valence-electron chi connectivity index (χ3n) is 8.53. The van der Waals surface area contributed by atoms with E-state index in [1.54, 1.807) is 6.33 Å². The van der Waals surface area contributed by atoms with Crippen molar-refractivity contribution in [3.05, 3.63) is 41.2 Å². The smallest absolute Gasteiger partial charge is 0.229 e. The molecule has 1 saturated carbocycles. The number of rotatable bonds is 5. The molecule has 1 aromatic heterocycles. The fraction of sp³-hybridized carbons (Fsp3) is 0.680. The van der Waals surface area contributed by atoms with Crippen LogP contribution in [0.1, 0.15) is 68.7 Å². The first kappa shape index (κ1) is 22.4. The molecule has 1 amide bonds. The number of likely N-dealkylation sites (tertiary alicyclic amines) is 1. The molecule has 8 heteroatoms. The molecular weight excluding hydrogens is 419 g/mol. The van der Waals surface area contributed by atoms with E-state index >= 15 is 0 Å². The van der Waals surface area contributed by atoms with Crippen molar-refractivity contribution in [3.8, 4) is 0 Å². The predicted molar refractivity (Wildman–Crippen MR) is 123 cm³/mol. The van der Waals surface area contributed by atoms with Crippen molar-refractivity contribution in [2.45, 2.75) is 77.7 Å². The lowest BCUT2D eigenvalue weighted by Crippen LogP contribution is -2.49. The molecule has 178 valence electrons. The van der Waals surface area contributed by atoms with Crippen LogP contribution in [0, 0.1) is 11.3 Å². The first-order valence-electron chi connectivity index (χ1n) is 12.4. The first-order chi connectivity index (χ1) is 16.0. The van der Waals surface area contributed by atoms with Crippen molar-refractivity contribution in [2.75, 3.05) is 19.6 Å². The van der Waals surface area contributed by atoms with Crippen molar-refractivity contribution >= 4 is 5.91 Å². The Bertz CT molecular complexity index is 971. The van der Waals surface area contributed by atoms with Crippen molar-refractivity contribution in [2.24, 2.45) is 11.3 Å². The van der Waals surface area contributed by atoms with Gasteiger partial charge in [-0.2, -0.15) is 0 Å². The summed E-state index contributed by atoms with van der Waals surface area (Å²) in [5, 5.41) is 11.6. The third-order valence-corrected chi connectivity index (χ3v) is 8.53. The van der Waals surface area contributed by atoms with Crippen LogP contribution in [0.25, 0.3) is 0 Å². The van der Waals surface area contributed by atoms with Gasteiger partial charge < -0.3 is 9.80 Å². The van der Waals surface area contributed by atoms with E-state index in [1.807, 2.05) is 22.9 Å². The molecule has 1 saturated heterocycles. The number of carbonyl (C=O) groups excluding carboxylic acids is 1. The number of fused-ring (bicyclic) bond motifs is 1. The SMILES string of the molecule is CC(C)[C@]1(C(=O)N2CCc3ccc(CF)cc3C2)CCC(N2CCC(n3cnnn3)CC2)C1. The van der Waals surface area contributed by atoms with Gasteiger partial charge in [-0.05, 0) is 71.6 Å². The average Bonchev–Trinajstić information content (AvgIpc) is 3.54. The van der Waals surface area contributed by atoms with Gasteiger partial charge in [0.2, 0.25) is 5.91 Å². The van der Waals surface area contributed by atoms with Gasteiger partial charge >= 0.3 is 0 Å². The van der Waals surface area contributed by atoms with Crippen LogP contribution in [0.15, 0.2) is 24.5 Å². The highest BCUT2D eigenvalue weighted by molar-refractivity contribution is 5.84. The molecule has 0 radical (unpaired) electrons.